The number of pyridine rings is 1. The zero-order valence-corrected chi connectivity index (χ0v) is 19.9. The van der Waals surface area contributed by atoms with Crippen LogP contribution in [0, 0.1) is 20.8 Å². The number of aromatic nitrogens is 1. The Labute approximate surface area is 196 Å². The Morgan fingerprint density at radius 2 is 1.66 bits per heavy atom. The number of aryl methyl sites for hydroxylation is 3. The molecule has 0 unspecified atom stereocenters. The number of hydrogen-bond acceptors (Lipinski definition) is 5. The molecule has 6 nitrogen and oxygen atoms in total. The molecule has 3 rings (SSSR count). The smallest absolute Gasteiger partial charge is 0.258 e. The van der Waals surface area contributed by atoms with E-state index in [0.717, 1.165) is 16.8 Å². The summed E-state index contributed by atoms with van der Waals surface area (Å²) < 4.78 is 5.15. The molecule has 0 bridgehead atoms. The van der Waals surface area contributed by atoms with Gasteiger partial charge >= 0.3 is 0 Å². The van der Waals surface area contributed by atoms with E-state index in [4.69, 9.17) is 16.3 Å². The van der Waals surface area contributed by atoms with Gasteiger partial charge < -0.3 is 15.4 Å². The van der Waals surface area contributed by atoms with E-state index >= 15 is 0 Å². The summed E-state index contributed by atoms with van der Waals surface area (Å²) in [5, 5.41) is 6.80. The number of amides is 2. The molecule has 2 aromatic carbocycles. The molecule has 3 aromatic rings. The zero-order valence-electron chi connectivity index (χ0n) is 18.3. The molecule has 0 atom stereocenters. The van der Waals surface area contributed by atoms with Crippen molar-refractivity contribution in [2.45, 2.75) is 25.8 Å². The van der Waals surface area contributed by atoms with Gasteiger partial charge in [0.25, 0.3) is 5.91 Å². The fourth-order valence-corrected chi connectivity index (χ4v) is 4.18. The van der Waals surface area contributed by atoms with Gasteiger partial charge in [0.15, 0.2) is 0 Å². The molecule has 32 heavy (non-hydrogen) atoms. The van der Waals surface area contributed by atoms with Crippen LogP contribution < -0.4 is 15.4 Å². The Kier molecular flexibility index (Phi) is 7.77. The number of anilines is 2. The van der Waals surface area contributed by atoms with Gasteiger partial charge in [-0.25, -0.2) is 4.98 Å². The number of carbonyl (C=O) groups is 2. The molecule has 0 fully saturated rings. The monoisotopic (exact) mass is 469 g/mol. The van der Waals surface area contributed by atoms with Crippen molar-refractivity contribution in [3.8, 4) is 5.75 Å². The quantitative estimate of drug-likeness (QED) is 0.437. The van der Waals surface area contributed by atoms with Crippen molar-refractivity contribution in [2.75, 3.05) is 23.5 Å². The number of benzene rings is 2. The predicted molar refractivity (Wildman–Crippen MR) is 130 cm³/mol. The third-order valence-electron chi connectivity index (χ3n) is 4.68. The Balaban J connectivity index is 1.73. The highest BCUT2D eigenvalue weighted by Crippen LogP contribution is 2.26. The predicted octanol–water partition coefficient (Wildman–Crippen LogP) is 5.65. The molecule has 0 saturated heterocycles. The Morgan fingerprint density at radius 3 is 2.31 bits per heavy atom. The van der Waals surface area contributed by atoms with Crippen LogP contribution in [0.3, 0.4) is 0 Å². The summed E-state index contributed by atoms with van der Waals surface area (Å²) in [7, 11) is 1.59. The van der Waals surface area contributed by atoms with Crippen molar-refractivity contribution >= 4 is 46.6 Å². The van der Waals surface area contributed by atoms with Gasteiger partial charge in [-0.2, -0.15) is 0 Å². The van der Waals surface area contributed by atoms with Crippen LogP contribution in [-0.4, -0.2) is 29.7 Å². The normalized spacial score (nSPS) is 10.5. The second-order valence-corrected chi connectivity index (χ2v) is 8.62. The number of halogens is 1. The number of thioether (sulfide) groups is 1. The maximum atomic E-state index is 13.0. The topological polar surface area (TPSA) is 80.3 Å². The summed E-state index contributed by atoms with van der Waals surface area (Å²) in [6, 6.07) is 14.3. The van der Waals surface area contributed by atoms with E-state index < -0.39 is 0 Å². The molecule has 0 aliphatic heterocycles. The molecule has 1 aromatic heterocycles. The molecular weight excluding hydrogens is 446 g/mol. The second kappa shape index (κ2) is 10.5. The Hall–Kier alpha value is -3.03. The highest BCUT2D eigenvalue weighted by Gasteiger charge is 2.19. The largest absolute Gasteiger partial charge is 0.497 e. The van der Waals surface area contributed by atoms with E-state index in [9.17, 15) is 9.59 Å². The number of carbonyl (C=O) groups excluding carboxylic acids is 2. The van der Waals surface area contributed by atoms with E-state index in [1.807, 2.05) is 32.9 Å². The number of rotatable bonds is 7. The summed E-state index contributed by atoms with van der Waals surface area (Å²) in [5.74, 6) is 0.309. The number of ether oxygens (including phenoxy) is 1. The van der Waals surface area contributed by atoms with Crippen LogP contribution in [0.4, 0.5) is 11.4 Å². The van der Waals surface area contributed by atoms with Crippen molar-refractivity contribution in [3.05, 3.63) is 75.9 Å². The van der Waals surface area contributed by atoms with E-state index in [1.165, 1.54) is 11.8 Å². The molecule has 1 heterocycles. The lowest BCUT2D eigenvalue weighted by atomic mass is 10.1. The minimum atomic E-state index is -0.284. The van der Waals surface area contributed by atoms with Crippen LogP contribution in [0.15, 0.2) is 53.6 Å². The van der Waals surface area contributed by atoms with Crippen molar-refractivity contribution in [3.63, 3.8) is 0 Å². The zero-order chi connectivity index (χ0) is 23.3. The van der Waals surface area contributed by atoms with Crippen molar-refractivity contribution < 1.29 is 14.3 Å². The van der Waals surface area contributed by atoms with Crippen LogP contribution in [-0.2, 0) is 4.79 Å². The number of methoxy groups -OCH3 is 1. The van der Waals surface area contributed by atoms with Gasteiger partial charge in [-0.1, -0.05) is 29.4 Å². The van der Waals surface area contributed by atoms with E-state index in [-0.39, 0.29) is 17.6 Å². The molecule has 0 aliphatic carbocycles. The summed E-state index contributed by atoms with van der Waals surface area (Å²) >= 11 is 7.34. The second-order valence-electron chi connectivity index (χ2n) is 7.24. The van der Waals surface area contributed by atoms with Crippen LogP contribution >= 0.6 is 23.4 Å². The maximum absolute atomic E-state index is 13.0. The molecule has 8 heteroatoms. The van der Waals surface area contributed by atoms with Crippen LogP contribution in [0.1, 0.15) is 27.2 Å². The minimum Gasteiger partial charge on any atom is -0.497 e. The summed E-state index contributed by atoms with van der Waals surface area (Å²) in [6.07, 6.45) is 0. The molecule has 2 N–H and O–H groups in total. The summed E-state index contributed by atoms with van der Waals surface area (Å²) in [6.45, 7) is 5.61. The summed E-state index contributed by atoms with van der Waals surface area (Å²) in [5.41, 5.74) is 4.21. The third kappa shape index (κ3) is 6.02. The summed E-state index contributed by atoms with van der Waals surface area (Å²) in [4.78, 5) is 30.0. The average molecular weight is 470 g/mol. The van der Waals surface area contributed by atoms with Gasteiger partial charge in [-0.05, 0) is 74.4 Å². The first-order valence-corrected chi connectivity index (χ1v) is 11.3. The van der Waals surface area contributed by atoms with Crippen LogP contribution in [0.25, 0.3) is 0 Å². The van der Waals surface area contributed by atoms with Crippen molar-refractivity contribution in [1.29, 1.82) is 0 Å². The van der Waals surface area contributed by atoms with Crippen LogP contribution in [0.5, 0.6) is 5.75 Å². The Morgan fingerprint density at radius 1 is 0.969 bits per heavy atom. The fourth-order valence-electron chi connectivity index (χ4n) is 3.05. The molecule has 0 aliphatic rings. The van der Waals surface area contributed by atoms with E-state index in [1.54, 1.807) is 43.5 Å². The van der Waals surface area contributed by atoms with Gasteiger partial charge in [-0.3, -0.25) is 9.59 Å². The number of hydrogen-bond donors (Lipinski definition) is 2. The van der Waals surface area contributed by atoms with E-state index in [0.29, 0.717) is 32.7 Å². The first kappa shape index (κ1) is 23.6. The third-order valence-corrected chi connectivity index (χ3v) is 6.06. The van der Waals surface area contributed by atoms with Crippen LogP contribution in [0.2, 0.25) is 5.02 Å². The van der Waals surface area contributed by atoms with E-state index in [2.05, 4.69) is 15.6 Å². The average Bonchev–Trinajstić information content (AvgIpc) is 2.75. The van der Waals surface area contributed by atoms with Gasteiger partial charge in [-0.15, -0.1) is 0 Å². The molecule has 0 saturated carbocycles. The molecule has 0 radical (unpaired) electrons. The van der Waals surface area contributed by atoms with Gasteiger partial charge in [0.2, 0.25) is 5.91 Å². The highest BCUT2D eigenvalue weighted by atomic mass is 35.5. The first-order chi connectivity index (χ1) is 15.3. The lowest BCUT2D eigenvalue weighted by Crippen LogP contribution is -2.18. The molecule has 2 amide bonds. The number of nitrogens with one attached hydrogen (secondary N) is 2. The number of nitrogens with zero attached hydrogens (tertiary/aromatic N) is 1. The first-order valence-electron chi connectivity index (χ1n) is 9.89. The minimum absolute atomic E-state index is 0.101. The molecule has 166 valence electrons. The molecular formula is C24H24ClN3O3S. The van der Waals surface area contributed by atoms with Gasteiger partial charge in [0, 0.05) is 22.1 Å². The van der Waals surface area contributed by atoms with Gasteiger partial charge in [0.05, 0.1) is 18.4 Å². The lowest BCUT2D eigenvalue weighted by molar-refractivity contribution is -0.113. The Bertz CT molecular complexity index is 1150. The maximum Gasteiger partial charge on any atom is 0.258 e. The SMILES string of the molecule is COc1ccc(NC(=O)c2c(C)cc(C)nc2SCC(=O)Nc2ccc(C)c(Cl)c2)cc1. The standard InChI is InChI=1S/C24H24ClN3O3S/c1-14-5-6-18(12-20(14)25)27-21(29)13-32-24-22(15(2)11-16(3)26-24)23(30)28-17-7-9-19(31-4)10-8-17/h5-12H,13H2,1-4H3,(H,27,29)(H,28,30). The molecule has 0 spiro atoms. The fraction of sp³-hybridized carbons (Fsp3) is 0.208. The highest BCUT2D eigenvalue weighted by molar-refractivity contribution is 8.00. The van der Waals surface area contributed by atoms with Gasteiger partial charge in [0.1, 0.15) is 10.8 Å². The lowest BCUT2D eigenvalue weighted by Gasteiger charge is -2.13. The van der Waals surface area contributed by atoms with Crippen molar-refractivity contribution in [2.24, 2.45) is 0 Å². The van der Waals surface area contributed by atoms with Crippen molar-refractivity contribution in [1.82, 2.24) is 4.98 Å².